The van der Waals surface area contributed by atoms with E-state index in [0.717, 1.165) is 29.9 Å². The van der Waals surface area contributed by atoms with Gasteiger partial charge >= 0.3 is 0 Å². The predicted molar refractivity (Wildman–Crippen MR) is 122 cm³/mol. The Kier molecular flexibility index (Phi) is 6.60. The van der Waals surface area contributed by atoms with Crippen LogP contribution in [0, 0.1) is 0 Å². The van der Waals surface area contributed by atoms with E-state index in [9.17, 15) is 0 Å². The molecule has 5 nitrogen and oxygen atoms in total. The standard InChI is InChI=1S/C25H30N4O/c1-20-18-24(23-10-13-26-14-11-23)27-25(28(20)2)30-17-12-21-6-8-22(9-7-21)19-29-15-4-3-5-16-29/h6-11,13-14,18H,1,3-5,12,15-17,19H2,2H3. The monoisotopic (exact) mass is 402 g/mol. The summed E-state index contributed by atoms with van der Waals surface area (Å²) < 4.78 is 6.02. The van der Waals surface area contributed by atoms with Crippen molar-refractivity contribution in [1.29, 1.82) is 0 Å². The lowest BCUT2D eigenvalue weighted by Gasteiger charge is -2.26. The van der Waals surface area contributed by atoms with Gasteiger partial charge in [-0.3, -0.25) is 14.8 Å². The Labute approximate surface area is 179 Å². The first-order valence-electron chi connectivity index (χ1n) is 10.8. The lowest BCUT2D eigenvalue weighted by atomic mass is 10.1. The smallest absolute Gasteiger partial charge is 0.296 e. The highest BCUT2D eigenvalue weighted by Gasteiger charge is 2.18. The van der Waals surface area contributed by atoms with Gasteiger partial charge in [-0.1, -0.05) is 37.3 Å². The van der Waals surface area contributed by atoms with Gasteiger partial charge in [0.05, 0.1) is 12.3 Å². The summed E-state index contributed by atoms with van der Waals surface area (Å²) in [6.07, 6.45) is 10.4. The Hall–Kier alpha value is -2.92. The summed E-state index contributed by atoms with van der Waals surface area (Å²) in [5, 5.41) is 0. The van der Waals surface area contributed by atoms with Crippen LogP contribution in [0.1, 0.15) is 36.0 Å². The molecule has 0 amide bonds. The summed E-state index contributed by atoms with van der Waals surface area (Å²) in [4.78, 5) is 13.2. The molecule has 0 unspecified atom stereocenters. The average molecular weight is 403 g/mol. The van der Waals surface area contributed by atoms with E-state index in [4.69, 9.17) is 4.74 Å². The number of likely N-dealkylation sites (N-methyl/N-ethyl adjacent to an activating group) is 1. The highest BCUT2D eigenvalue weighted by atomic mass is 16.5. The molecule has 2 aliphatic heterocycles. The molecule has 0 saturated carbocycles. The van der Waals surface area contributed by atoms with E-state index in [2.05, 4.69) is 45.7 Å². The maximum atomic E-state index is 6.02. The van der Waals surface area contributed by atoms with Crippen molar-refractivity contribution in [1.82, 2.24) is 14.8 Å². The van der Waals surface area contributed by atoms with Crippen molar-refractivity contribution in [3.63, 3.8) is 0 Å². The number of allylic oxidation sites excluding steroid dienone is 1. The third-order valence-corrected chi connectivity index (χ3v) is 5.71. The molecule has 3 heterocycles. The van der Waals surface area contributed by atoms with Crippen LogP contribution in [-0.4, -0.2) is 47.5 Å². The normalized spacial score (nSPS) is 17.5. The number of aromatic nitrogens is 1. The molecule has 0 bridgehead atoms. The summed E-state index contributed by atoms with van der Waals surface area (Å²) in [5.74, 6) is 0. The number of rotatable bonds is 6. The molecule has 1 aromatic carbocycles. The molecule has 4 rings (SSSR count). The number of likely N-dealkylation sites (tertiary alicyclic amines) is 1. The van der Waals surface area contributed by atoms with Crippen molar-refractivity contribution in [3.05, 3.63) is 83.8 Å². The Morgan fingerprint density at radius 1 is 0.967 bits per heavy atom. The first-order chi connectivity index (χ1) is 14.7. The minimum absolute atomic E-state index is 0.575. The zero-order valence-corrected chi connectivity index (χ0v) is 17.8. The lowest BCUT2D eigenvalue weighted by molar-refractivity contribution is 0.221. The Bertz CT molecular complexity index is 912. The minimum Gasteiger partial charge on any atom is -0.464 e. The summed E-state index contributed by atoms with van der Waals surface area (Å²) >= 11 is 0. The van der Waals surface area contributed by atoms with E-state index in [-0.39, 0.29) is 0 Å². The first kappa shape index (κ1) is 20.4. The van der Waals surface area contributed by atoms with Crippen molar-refractivity contribution >= 4 is 11.7 Å². The predicted octanol–water partition coefficient (Wildman–Crippen LogP) is 4.48. The Morgan fingerprint density at radius 3 is 2.40 bits per heavy atom. The van der Waals surface area contributed by atoms with Gasteiger partial charge in [-0.05, 0) is 55.3 Å². The molecule has 1 aromatic heterocycles. The van der Waals surface area contributed by atoms with Crippen molar-refractivity contribution in [3.8, 4) is 0 Å². The average Bonchev–Trinajstić information content (AvgIpc) is 2.79. The topological polar surface area (TPSA) is 41.0 Å². The van der Waals surface area contributed by atoms with E-state index in [1.54, 1.807) is 12.4 Å². The molecule has 2 aliphatic rings. The van der Waals surface area contributed by atoms with Gasteiger partial charge < -0.3 is 4.74 Å². The van der Waals surface area contributed by atoms with Crippen LogP contribution in [0.3, 0.4) is 0 Å². The second-order valence-corrected chi connectivity index (χ2v) is 7.96. The molecule has 1 fully saturated rings. The van der Waals surface area contributed by atoms with Crippen LogP contribution in [0.4, 0.5) is 0 Å². The Balaban J connectivity index is 1.32. The molecule has 2 aromatic rings. The number of piperidine rings is 1. The van der Waals surface area contributed by atoms with Crippen molar-refractivity contribution in [2.75, 3.05) is 26.7 Å². The van der Waals surface area contributed by atoms with Crippen molar-refractivity contribution in [2.24, 2.45) is 4.99 Å². The van der Waals surface area contributed by atoms with Crippen molar-refractivity contribution in [2.45, 2.75) is 32.2 Å². The van der Waals surface area contributed by atoms with Crippen LogP contribution < -0.4 is 0 Å². The SMILES string of the molecule is C=C1C=C(c2ccncc2)N=C(OCCc2ccc(CN3CCCCC3)cc2)N1C. The van der Waals surface area contributed by atoms with Crippen LogP contribution in [-0.2, 0) is 17.7 Å². The van der Waals surface area contributed by atoms with Gasteiger partial charge in [0.1, 0.15) is 0 Å². The molecule has 5 heteroatoms. The number of benzene rings is 1. The number of ether oxygens (including phenoxy) is 1. The summed E-state index contributed by atoms with van der Waals surface area (Å²) in [6, 6.07) is 13.4. The second-order valence-electron chi connectivity index (χ2n) is 7.96. The van der Waals surface area contributed by atoms with E-state index in [1.807, 2.05) is 30.2 Å². The summed E-state index contributed by atoms with van der Waals surface area (Å²) in [5.41, 5.74) is 5.37. The molecule has 0 atom stereocenters. The zero-order valence-electron chi connectivity index (χ0n) is 17.8. The maximum Gasteiger partial charge on any atom is 0.296 e. The fraction of sp³-hybridized carbons (Fsp3) is 0.360. The third kappa shape index (κ3) is 5.16. The fourth-order valence-corrected chi connectivity index (χ4v) is 3.83. The van der Waals surface area contributed by atoms with Crippen LogP contribution in [0.15, 0.2) is 72.1 Å². The third-order valence-electron chi connectivity index (χ3n) is 5.71. The number of nitrogens with zero attached hydrogens (tertiary/aromatic N) is 4. The lowest BCUT2D eigenvalue weighted by Crippen LogP contribution is -2.30. The molecule has 1 saturated heterocycles. The molecule has 0 spiro atoms. The second kappa shape index (κ2) is 9.72. The number of aliphatic imine (C=N–C) groups is 1. The van der Waals surface area contributed by atoms with Gasteiger partial charge in [0.2, 0.25) is 0 Å². The summed E-state index contributed by atoms with van der Waals surface area (Å²) in [6.45, 7) is 8.21. The Morgan fingerprint density at radius 2 is 1.67 bits per heavy atom. The minimum atomic E-state index is 0.575. The van der Waals surface area contributed by atoms with Gasteiger partial charge in [-0.2, -0.15) is 4.99 Å². The number of amidine groups is 1. The number of hydrogen-bond acceptors (Lipinski definition) is 5. The van der Waals surface area contributed by atoms with E-state index in [0.29, 0.717) is 12.6 Å². The number of hydrogen-bond donors (Lipinski definition) is 0. The van der Waals surface area contributed by atoms with E-state index >= 15 is 0 Å². The fourth-order valence-electron chi connectivity index (χ4n) is 3.83. The highest BCUT2D eigenvalue weighted by molar-refractivity contribution is 5.87. The van der Waals surface area contributed by atoms with Gasteiger partial charge in [0, 0.05) is 43.7 Å². The molecule has 30 heavy (non-hydrogen) atoms. The molecule has 156 valence electrons. The van der Waals surface area contributed by atoms with Crippen LogP contribution in [0.2, 0.25) is 0 Å². The van der Waals surface area contributed by atoms with Gasteiger partial charge in [-0.15, -0.1) is 0 Å². The summed E-state index contributed by atoms with van der Waals surface area (Å²) in [7, 11) is 1.93. The van der Waals surface area contributed by atoms with Gasteiger partial charge in [0.15, 0.2) is 0 Å². The van der Waals surface area contributed by atoms with Gasteiger partial charge in [0.25, 0.3) is 6.02 Å². The molecular weight excluding hydrogens is 372 g/mol. The molecular formula is C25H30N4O. The molecule has 0 aliphatic carbocycles. The van der Waals surface area contributed by atoms with Crippen LogP contribution in [0.25, 0.3) is 5.70 Å². The van der Waals surface area contributed by atoms with Crippen LogP contribution in [0.5, 0.6) is 0 Å². The van der Waals surface area contributed by atoms with Crippen LogP contribution >= 0.6 is 0 Å². The first-order valence-corrected chi connectivity index (χ1v) is 10.8. The highest BCUT2D eigenvalue weighted by Crippen LogP contribution is 2.23. The van der Waals surface area contributed by atoms with E-state index < -0.39 is 0 Å². The maximum absolute atomic E-state index is 6.02. The van der Waals surface area contributed by atoms with E-state index in [1.165, 1.54) is 43.5 Å². The largest absolute Gasteiger partial charge is 0.464 e. The van der Waals surface area contributed by atoms with Crippen molar-refractivity contribution < 1.29 is 4.74 Å². The zero-order chi connectivity index (χ0) is 20.8. The van der Waals surface area contributed by atoms with Gasteiger partial charge in [-0.25, -0.2) is 0 Å². The quantitative estimate of drug-likeness (QED) is 0.714. The molecule has 0 radical (unpaired) electrons. The molecule has 0 N–H and O–H groups in total. The number of pyridine rings is 1.